The first-order chi connectivity index (χ1) is 13.1. The molecule has 3 aromatic rings. The fourth-order valence-corrected chi connectivity index (χ4v) is 3.58. The van der Waals surface area contributed by atoms with E-state index in [1.165, 1.54) is 12.1 Å². The van der Waals surface area contributed by atoms with Crippen molar-refractivity contribution < 1.29 is 13.7 Å². The molecule has 1 aliphatic rings. The zero-order valence-corrected chi connectivity index (χ0v) is 15.1. The van der Waals surface area contributed by atoms with Crippen LogP contribution in [0.5, 0.6) is 0 Å². The molecule has 2 aromatic heterocycles. The standard InChI is InChI=1S/C20H21FN4O2/c1-24-13-15(12-22-24)18-5-3-2-4-10-25(18)20(26)19-11-17(23-27-19)14-6-8-16(21)9-7-14/h6-9,11-13,18H,2-5,10H2,1H3. The third-order valence-electron chi connectivity index (χ3n) is 4.98. The van der Waals surface area contributed by atoms with E-state index in [-0.39, 0.29) is 23.5 Å². The Morgan fingerprint density at radius 1 is 1.22 bits per heavy atom. The predicted octanol–water partition coefficient (Wildman–Crippen LogP) is 3.97. The van der Waals surface area contributed by atoms with Crippen LogP contribution in [0.2, 0.25) is 0 Å². The second kappa shape index (κ2) is 7.34. The molecule has 0 aliphatic carbocycles. The molecular formula is C20H21FN4O2. The molecule has 1 atom stereocenters. The maximum atomic E-state index is 13.1. The van der Waals surface area contributed by atoms with E-state index in [0.717, 1.165) is 31.2 Å². The number of halogens is 1. The van der Waals surface area contributed by atoms with Crippen LogP contribution in [0, 0.1) is 5.82 Å². The number of nitrogens with zero attached hydrogens (tertiary/aromatic N) is 4. The predicted molar refractivity (Wildman–Crippen MR) is 97.4 cm³/mol. The van der Waals surface area contributed by atoms with Gasteiger partial charge >= 0.3 is 0 Å². The van der Waals surface area contributed by atoms with Crippen LogP contribution >= 0.6 is 0 Å². The van der Waals surface area contributed by atoms with Gasteiger partial charge in [0.15, 0.2) is 0 Å². The quantitative estimate of drug-likeness (QED) is 0.702. The first-order valence-corrected chi connectivity index (χ1v) is 9.14. The van der Waals surface area contributed by atoms with Gasteiger partial charge in [0.1, 0.15) is 11.5 Å². The summed E-state index contributed by atoms with van der Waals surface area (Å²) in [6.07, 6.45) is 7.80. The first kappa shape index (κ1) is 17.5. The molecule has 27 heavy (non-hydrogen) atoms. The molecule has 4 rings (SSSR count). The second-order valence-electron chi connectivity index (χ2n) is 6.89. The second-order valence-corrected chi connectivity index (χ2v) is 6.89. The highest BCUT2D eigenvalue weighted by Crippen LogP contribution is 2.31. The van der Waals surface area contributed by atoms with Crippen molar-refractivity contribution in [1.29, 1.82) is 0 Å². The highest BCUT2D eigenvalue weighted by Gasteiger charge is 2.30. The van der Waals surface area contributed by atoms with Gasteiger partial charge in [-0.1, -0.05) is 18.0 Å². The van der Waals surface area contributed by atoms with Crippen molar-refractivity contribution in [1.82, 2.24) is 19.8 Å². The van der Waals surface area contributed by atoms with Gasteiger partial charge in [0, 0.05) is 37.0 Å². The van der Waals surface area contributed by atoms with Gasteiger partial charge in [0.2, 0.25) is 5.76 Å². The third kappa shape index (κ3) is 3.63. The summed E-state index contributed by atoms with van der Waals surface area (Å²) in [5, 5.41) is 8.25. The zero-order chi connectivity index (χ0) is 18.8. The van der Waals surface area contributed by atoms with E-state index in [1.807, 2.05) is 24.3 Å². The van der Waals surface area contributed by atoms with Gasteiger partial charge < -0.3 is 9.42 Å². The summed E-state index contributed by atoms with van der Waals surface area (Å²) >= 11 is 0. The molecule has 0 radical (unpaired) electrons. The lowest BCUT2D eigenvalue weighted by Gasteiger charge is -2.28. The fourth-order valence-electron chi connectivity index (χ4n) is 3.58. The molecule has 0 spiro atoms. The van der Waals surface area contributed by atoms with Crippen LogP contribution in [0.4, 0.5) is 4.39 Å². The number of amides is 1. The molecular weight excluding hydrogens is 347 g/mol. The number of rotatable bonds is 3. The molecule has 3 heterocycles. The summed E-state index contributed by atoms with van der Waals surface area (Å²) in [5.74, 6) is -0.292. The van der Waals surface area contributed by atoms with Crippen molar-refractivity contribution in [3.63, 3.8) is 0 Å². The van der Waals surface area contributed by atoms with Gasteiger partial charge in [-0.3, -0.25) is 9.48 Å². The summed E-state index contributed by atoms with van der Waals surface area (Å²) in [5.41, 5.74) is 2.26. The van der Waals surface area contributed by atoms with Gasteiger partial charge in [0.05, 0.1) is 12.2 Å². The lowest BCUT2D eigenvalue weighted by molar-refractivity contribution is 0.0638. The molecule has 140 valence electrons. The average Bonchev–Trinajstić information content (AvgIpc) is 3.25. The van der Waals surface area contributed by atoms with Crippen LogP contribution in [0.3, 0.4) is 0 Å². The molecule has 1 saturated heterocycles. The largest absolute Gasteiger partial charge is 0.350 e. The molecule has 1 aromatic carbocycles. The van der Waals surface area contributed by atoms with Gasteiger partial charge in [-0.15, -0.1) is 0 Å². The summed E-state index contributed by atoms with van der Waals surface area (Å²) in [6.45, 7) is 0.672. The van der Waals surface area contributed by atoms with Crippen molar-refractivity contribution in [2.75, 3.05) is 6.54 Å². The van der Waals surface area contributed by atoms with Crippen LogP contribution in [-0.2, 0) is 7.05 Å². The summed E-state index contributed by atoms with van der Waals surface area (Å²) in [4.78, 5) is 15.0. The molecule has 6 nitrogen and oxygen atoms in total. The van der Waals surface area contributed by atoms with E-state index in [9.17, 15) is 9.18 Å². The Bertz CT molecular complexity index is 932. The molecule has 1 fully saturated rings. The Labute approximate surface area is 156 Å². The number of hydrogen-bond donors (Lipinski definition) is 0. The van der Waals surface area contributed by atoms with Crippen LogP contribution in [-0.4, -0.2) is 32.3 Å². The van der Waals surface area contributed by atoms with E-state index in [4.69, 9.17) is 4.52 Å². The summed E-state index contributed by atoms with van der Waals surface area (Å²) < 4.78 is 20.2. The average molecular weight is 368 g/mol. The number of carbonyl (C=O) groups excluding carboxylic acids is 1. The smallest absolute Gasteiger partial charge is 0.292 e. The van der Waals surface area contributed by atoms with Crippen molar-refractivity contribution in [2.45, 2.75) is 31.7 Å². The van der Waals surface area contributed by atoms with Gasteiger partial charge in [-0.25, -0.2) is 4.39 Å². The van der Waals surface area contributed by atoms with Crippen molar-refractivity contribution in [3.8, 4) is 11.3 Å². The van der Waals surface area contributed by atoms with Crippen LogP contribution in [0.25, 0.3) is 11.3 Å². The Hall–Kier alpha value is -2.96. The lowest BCUT2D eigenvalue weighted by Crippen LogP contribution is -2.34. The normalized spacial score (nSPS) is 17.7. The molecule has 7 heteroatoms. The van der Waals surface area contributed by atoms with E-state index in [2.05, 4.69) is 10.3 Å². The Kier molecular flexibility index (Phi) is 4.75. The van der Waals surface area contributed by atoms with Crippen LogP contribution < -0.4 is 0 Å². The third-order valence-corrected chi connectivity index (χ3v) is 4.98. The molecule has 1 unspecified atom stereocenters. The van der Waals surface area contributed by atoms with Gasteiger partial charge in [-0.2, -0.15) is 5.10 Å². The minimum absolute atomic E-state index is 0.0203. The highest BCUT2D eigenvalue weighted by atomic mass is 19.1. The summed E-state index contributed by atoms with van der Waals surface area (Å²) in [7, 11) is 1.87. The number of benzene rings is 1. The summed E-state index contributed by atoms with van der Waals surface area (Å²) in [6, 6.07) is 7.56. The fraction of sp³-hybridized carbons (Fsp3) is 0.350. The van der Waals surface area contributed by atoms with E-state index >= 15 is 0 Å². The zero-order valence-electron chi connectivity index (χ0n) is 15.1. The maximum absolute atomic E-state index is 13.1. The molecule has 0 bridgehead atoms. The maximum Gasteiger partial charge on any atom is 0.292 e. The van der Waals surface area contributed by atoms with E-state index in [1.54, 1.807) is 22.9 Å². The van der Waals surface area contributed by atoms with Gasteiger partial charge in [-0.05, 0) is 37.1 Å². The number of aryl methyl sites for hydroxylation is 1. The van der Waals surface area contributed by atoms with Gasteiger partial charge in [0.25, 0.3) is 5.91 Å². The highest BCUT2D eigenvalue weighted by molar-refractivity contribution is 5.92. The van der Waals surface area contributed by atoms with Crippen molar-refractivity contribution >= 4 is 5.91 Å². The Morgan fingerprint density at radius 2 is 2.04 bits per heavy atom. The first-order valence-electron chi connectivity index (χ1n) is 9.14. The number of aromatic nitrogens is 3. The Morgan fingerprint density at radius 3 is 2.78 bits per heavy atom. The number of carbonyl (C=O) groups is 1. The molecule has 0 saturated carbocycles. The molecule has 0 N–H and O–H groups in total. The minimum Gasteiger partial charge on any atom is -0.350 e. The number of likely N-dealkylation sites (tertiary alicyclic amines) is 1. The SMILES string of the molecule is Cn1cc(C2CCCCCN2C(=O)c2cc(-c3ccc(F)cc3)no2)cn1. The van der Waals surface area contributed by atoms with E-state index < -0.39 is 0 Å². The Balaban J connectivity index is 1.60. The van der Waals surface area contributed by atoms with Crippen molar-refractivity contribution in [3.05, 3.63) is 59.9 Å². The van der Waals surface area contributed by atoms with Crippen molar-refractivity contribution in [2.24, 2.45) is 7.05 Å². The monoisotopic (exact) mass is 368 g/mol. The minimum atomic E-state index is -0.317. The molecule has 1 aliphatic heterocycles. The van der Waals surface area contributed by atoms with Crippen LogP contribution in [0.15, 0.2) is 47.2 Å². The topological polar surface area (TPSA) is 64.2 Å². The number of hydrogen-bond acceptors (Lipinski definition) is 4. The molecule has 1 amide bonds. The van der Waals surface area contributed by atoms with E-state index in [0.29, 0.717) is 17.8 Å². The van der Waals surface area contributed by atoms with Crippen LogP contribution in [0.1, 0.15) is 47.8 Å². The lowest BCUT2D eigenvalue weighted by atomic mass is 10.0.